The molecule has 0 spiro atoms. The molecule has 0 aliphatic carbocycles. The zero-order valence-electron chi connectivity index (χ0n) is 15.6. The summed E-state index contributed by atoms with van der Waals surface area (Å²) < 4.78 is 20.9. The van der Waals surface area contributed by atoms with Crippen LogP contribution in [0.15, 0.2) is 48.6 Å². The van der Waals surface area contributed by atoms with E-state index in [0.717, 1.165) is 17.3 Å². The highest BCUT2D eigenvalue weighted by molar-refractivity contribution is 8.13. The summed E-state index contributed by atoms with van der Waals surface area (Å²) >= 11 is 0.744. The normalized spacial score (nSPS) is 14.0. The summed E-state index contributed by atoms with van der Waals surface area (Å²) in [5, 5.41) is 1.81. The second-order valence-electron chi connectivity index (χ2n) is 5.55. The Morgan fingerprint density at radius 2 is 1.89 bits per heavy atom. The number of rotatable bonds is 8. The fraction of sp³-hybridized carbons (Fsp3) is 0.316. The van der Waals surface area contributed by atoms with E-state index in [1.54, 1.807) is 6.92 Å². The maximum atomic E-state index is 12.0. The van der Waals surface area contributed by atoms with Crippen molar-refractivity contribution in [1.82, 2.24) is 5.32 Å². The molecule has 0 saturated carbocycles. The van der Waals surface area contributed by atoms with Gasteiger partial charge in [0.05, 0.1) is 6.61 Å². The van der Waals surface area contributed by atoms with Crippen LogP contribution in [0, 0.1) is 0 Å². The Labute approximate surface area is 166 Å². The number of nitrogens with one attached hydrogen (secondary N) is 1. The van der Waals surface area contributed by atoms with Gasteiger partial charge in [-0.1, -0.05) is 30.3 Å². The molecule has 0 fully saturated rings. The van der Waals surface area contributed by atoms with Crippen molar-refractivity contribution in [1.29, 1.82) is 0 Å². The third kappa shape index (κ3) is 6.34. The summed E-state index contributed by atoms with van der Waals surface area (Å²) in [5.74, 6) is -0.215. The first kappa shape index (κ1) is 21.4. The number of amides is 1. The number of esters is 1. The molecule has 8 nitrogen and oxygen atoms in total. The van der Waals surface area contributed by atoms with Gasteiger partial charge in [0.15, 0.2) is 18.1 Å². The van der Waals surface area contributed by atoms with Gasteiger partial charge in [-0.2, -0.15) is 0 Å². The quantitative estimate of drug-likeness (QED) is 0.657. The molecule has 0 unspecified atom stereocenters. The maximum absolute atomic E-state index is 12.0. The highest BCUT2D eigenvalue weighted by Gasteiger charge is 2.26. The Kier molecular flexibility index (Phi) is 7.94. The summed E-state index contributed by atoms with van der Waals surface area (Å²) in [4.78, 5) is 35.1. The minimum Gasteiger partial charge on any atom is -0.464 e. The molecule has 2 rings (SSSR count). The molecule has 150 valence electrons. The van der Waals surface area contributed by atoms with Crippen molar-refractivity contribution >= 4 is 34.7 Å². The van der Waals surface area contributed by atoms with E-state index in [9.17, 15) is 14.4 Å². The fourth-order valence-electron chi connectivity index (χ4n) is 2.25. The van der Waals surface area contributed by atoms with Crippen molar-refractivity contribution in [3.8, 4) is 0 Å². The van der Waals surface area contributed by atoms with Crippen LogP contribution in [0.2, 0.25) is 0 Å². The lowest BCUT2D eigenvalue weighted by atomic mass is 10.2. The van der Waals surface area contributed by atoms with Crippen LogP contribution in [0.4, 0.5) is 4.79 Å². The molecule has 0 radical (unpaired) electrons. The van der Waals surface area contributed by atoms with Gasteiger partial charge in [0.25, 0.3) is 5.95 Å². The molecule has 28 heavy (non-hydrogen) atoms. The molecular formula is C19H21NO7S. The zero-order chi connectivity index (χ0) is 20.5. The van der Waals surface area contributed by atoms with E-state index in [4.69, 9.17) is 18.9 Å². The lowest BCUT2D eigenvalue weighted by Gasteiger charge is -2.15. The standard InChI is InChI=1S/C19H21NO7S/c1-4-24-18(22)15(20-12(2)21)11-28-19(23)25-10-16-17(27-13(3)26-16)14-8-6-5-7-9-14/h5-9,15H,3-4,10-11H2,1-2H3,(H,20,21)/t15-/m0/s1. The number of benzene rings is 1. The van der Waals surface area contributed by atoms with Crippen LogP contribution in [0.1, 0.15) is 19.4 Å². The van der Waals surface area contributed by atoms with Crippen LogP contribution in [-0.2, 0) is 28.5 Å². The largest absolute Gasteiger partial charge is 0.464 e. The van der Waals surface area contributed by atoms with E-state index in [0.29, 0.717) is 11.5 Å². The van der Waals surface area contributed by atoms with Crippen LogP contribution in [0.5, 0.6) is 0 Å². The minimum absolute atomic E-state index is 0.0219. The predicted molar refractivity (Wildman–Crippen MR) is 103 cm³/mol. The van der Waals surface area contributed by atoms with Crippen molar-refractivity contribution in [3.05, 3.63) is 54.2 Å². The van der Waals surface area contributed by atoms with Gasteiger partial charge >= 0.3 is 11.3 Å². The highest BCUT2D eigenvalue weighted by Crippen LogP contribution is 2.31. The van der Waals surface area contributed by atoms with Crippen molar-refractivity contribution in [2.75, 3.05) is 19.0 Å². The number of carbonyl (C=O) groups is 3. The van der Waals surface area contributed by atoms with Crippen molar-refractivity contribution in [2.24, 2.45) is 0 Å². The van der Waals surface area contributed by atoms with Gasteiger partial charge < -0.3 is 24.3 Å². The van der Waals surface area contributed by atoms with Crippen LogP contribution in [0.3, 0.4) is 0 Å². The number of carbonyl (C=O) groups excluding carboxylic acids is 3. The Morgan fingerprint density at radius 3 is 2.54 bits per heavy atom. The first-order valence-electron chi connectivity index (χ1n) is 8.47. The summed E-state index contributed by atoms with van der Waals surface area (Å²) in [6.45, 7) is 6.54. The molecule has 1 aliphatic rings. The molecule has 1 aliphatic heterocycles. The first-order chi connectivity index (χ1) is 13.4. The van der Waals surface area contributed by atoms with E-state index in [2.05, 4.69) is 11.9 Å². The van der Waals surface area contributed by atoms with Crippen LogP contribution >= 0.6 is 11.8 Å². The van der Waals surface area contributed by atoms with E-state index in [1.807, 2.05) is 30.3 Å². The number of hydrogen-bond donors (Lipinski definition) is 1. The molecule has 9 heteroatoms. The Bertz CT molecular complexity index is 776. The smallest absolute Gasteiger partial charge is 0.367 e. The van der Waals surface area contributed by atoms with Crippen LogP contribution in [0.25, 0.3) is 5.76 Å². The van der Waals surface area contributed by atoms with Crippen LogP contribution < -0.4 is 5.32 Å². The van der Waals surface area contributed by atoms with Gasteiger partial charge in [0.1, 0.15) is 6.04 Å². The van der Waals surface area contributed by atoms with Gasteiger partial charge in [-0.25, -0.2) is 9.59 Å². The topological polar surface area (TPSA) is 100 Å². The van der Waals surface area contributed by atoms with E-state index >= 15 is 0 Å². The van der Waals surface area contributed by atoms with E-state index < -0.39 is 23.2 Å². The molecule has 0 saturated heterocycles. The summed E-state index contributed by atoms with van der Waals surface area (Å²) in [7, 11) is 0. The van der Waals surface area contributed by atoms with Gasteiger partial charge in [-0.05, 0) is 25.3 Å². The third-order valence-corrected chi connectivity index (χ3v) is 4.23. The molecular weight excluding hydrogens is 386 g/mol. The van der Waals surface area contributed by atoms with E-state index in [1.165, 1.54) is 6.92 Å². The second-order valence-corrected chi connectivity index (χ2v) is 6.50. The molecule has 1 heterocycles. The lowest BCUT2D eigenvalue weighted by Crippen LogP contribution is -2.42. The van der Waals surface area contributed by atoms with Gasteiger partial charge in [-0.3, -0.25) is 4.79 Å². The zero-order valence-corrected chi connectivity index (χ0v) is 16.4. The molecule has 1 aromatic rings. The number of hydrogen-bond acceptors (Lipinski definition) is 8. The lowest BCUT2D eigenvalue weighted by molar-refractivity contribution is -0.146. The Morgan fingerprint density at radius 1 is 1.18 bits per heavy atom. The van der Waals surface area contributed by atoms with Gasteiger partial charge in [-0.15, -0.1) is 0 Å². The van der Waals surface area contributed by atoms with Crippen molar-refractivity contribution in [2.45, 2.75) is 19.9 Å². The molecule has 0 aromatic heterocycles. The summed E-state index contributed by atoms with van der Waals surface area (Å²) in [6.07, 6.45) is 0. The van der Waals surface area contributed by atoms with Crippen LogP contribution in [-0.4, -0.2) is 42.2 Å². The molecule has 1 N–H and O–H groups in total. The minimum atomic E-state index is -0.945. The monoisotopic (exact) mass is 407 g/mol. The van der Waals surface area contributed by atoms with Crippen molar-refractivity contribution < 1.29 is 33.3 Å². The summed E-state index contributed by atoms with van der Waals surface area (Å²) in [5.41, 5.74) is 0.757. The number of ether oxygens (including phenoxy) is 4. The Hall–Kier alpha value is -2.94. The van der Waals surface area contributed by atoms with Crippen molar-refractivity contribution in [3.63, 3.8) is 0 Å². The van der Waals surface area contributed by atoms with Gasteiger partial charge in [0.2, 0.25) is 5.91 Å². The summed E-state index contributed by atoms with van der Waals surface area (Å²) in [6, 6.07) is 8.24. The second kappa shape index (κ2) is 10.4. The number of thioether (sulfide) groups is 1. The molecule has 1 atom stereocenters. The third-order valence-electron chi connectivity index (χ3n) is 3.38. The highest BCUT2D eigenvalue weighted by atomic mass is 32.2. The molecule has 1 amide bonds. The maximum Gasteiger partial charge on any atom is 0.367 e. The molecule has 1 aromatic carbocycles. The first-order valence-corrected chi connectivity index (χ1v) is 9.45. The average molecular weight is 407 g/mol. The predicted octanol–water partition coefficient (Wildman–Crippen LogP) is 2.81. The average Bonchev–Trinajstić information content (AvgIpc) is 3.04. The Balaban J connectivity index is 1.92. The SMILES string of the molecule is C=C1OC(COC(=O)SC[C@H](NC(C)=O)C(=O)OCC)=C(c2ccccc2)O1. The molecule has 0 bridgehead atoms. The fourth-order valence-corrected chi connectivity index (χ4v) is 2.92. The van der Waals surface area contributed by atoms with Gasteiger partial charge in [0, 0.05) is 18.2 Å². The van der Waals surface area contributed by atoms with E-state index in [-0.39, 0.29) is 24.9 Å².